The highest BCUT2D eigenvalue weighted by atomic mass is 16.7. The molecule has 3 saturated heterocycles. The van der Waals surface area contributed by atoms with Crippen molar-refractivity contribution in [2.75, 3.05) is 33.5 Å². The van der Waals surface area contributed by atoms with Crippen LogP contribution in [0.2, 0.25) is 0 Å². The highest BCUT2D eigenvalue weighted by molar-refractivity contribution is 5.81. The van der Waals surface area contributed by atoms with Crippen LogP contribution in [0.25, 0.3) is 0 Å². The Morgan fingerprint density at radius 2 is 1.37 bits per heavy atom. The number of guanidine groups is 1. The zero-order valence-corrected chi connectivity index (χ0v) is 27.7. The molecule has 284 valence electrons. The summed E-state index contributed by atoms with van der Waals surface area (Å²) in [5.74, 6) is -1.37. The Bertz CT molecular complexity index is 1090. The standard InChI is InChI=1S/C28H53N7O14/c1-10-17(34-11(2)39)20(41)23(14(8-37)45-10)49-27-18(35-25(43)12(29)5-4-6-33-28(31)32)21(42)24(15(9-38)47-27)48-26-16(30)19(40)22(44-3)13(7-36)46-26/h10,12-24,26-27,36-38,40-42H,4-9,29-30H2,1-3H3,(H,34,39)(H,35,43)(H4,31,32,33). The number of hydrogen-bond donors (Lipinski definition) is 12. The van der Waals surface area contributed by atoms with Gasteiger partial charge >= 0.3 is 0 Å². The molecule has 49 heavy (non-hydrogen) atoms. The minimum atomic E-state index is -1.76. The Kier molecular flexibility index (Phi) is 15.7. The largest absolute Gasteiger partial charge is 0.394 e. The first kappa shape index (κ1) is 41.1. The predicted molar refractivity (Wildman–Crippen MR) is 167 cm³/mol. The van der Waals surface area contributed by atoms with Gasteiger partial charge in [0.15, 0.2) is 18.5 Å². The van der Waals surface area contributed by atoms with E-state index in [0.717, 1.165) is 0 Å². The van der Waals surface area contributed by atoms with E-state index in [9.17, 15) is 40.2 Å². The topological polar surface area (TPSA) is 351 Å². The molecule has 21 heteroatoms. The molecule has 3 rings (SSSR count). The summed E-state index contributed by atoms with van der Waals surface area (Å²) in [6, 6.07) is -4.88. The number of amides is 2. The molecule has 2 amide bonds. The van der Waals surface area contributed by atoms with Gasteiger partial charge in [-0.05, 0) is 19.8 Å². The normalized spacial score (nSPS) is 40.3. The molecule has 0 saturated carbocycles. The smallest absolute Gasteiger partial charge is 0.237 e. The molecule has 0 radical (unpaired) electrons. The van der Waals surface area contributed by atoms with Crippen LogP contribution in [0.1, 0.15) is 26.7 Å². The summed E-state index contributed by atoms with van der Waals surface area (Å²) >= 11 is 0. The van der Waals surface area contributed by atoms with Gasteiger partial charge in [-0.15, -0.1) is 0 Å². The maximum Gasteiger partial charge on any atom is 0.237 e. The molecule has 0 aromatic rings. The molecular formula is C28H53N7O14. The van der Waals surface area contributed by atoms with Gasteiger partial charge in [0.25, 0.3) is 0 Å². The van der Waals surface area contributed by atoms with Crippen molar-refractivity contribution in [1.82, 2.24) is 10.6 Å². The summed E-state index contributed by atoms with van der Waals surface area (Å²) in [5, 5.41) is 69.0. The van der Waals surface area contributed by atoms with E-state index in [1.807, 2.05) is 0 Å². The third kappa shape index (κ3) is 10.1. The van der Waals surface area contributed by atoms with Gasteiger partial charge < -0.3 is 92.6 Å². The van der Waals surface area contributed by atoms with Crippen molar-refractivity contribution in [3.8, 4) is 0 Å². The van der Waals surface area contributed by atoms with Gasteiger partial charge in [-0.25, -0.2) is 0 Å². The molecule has 3 fully saturated rings. The lowest BCUT2D eigenvalue weighted by Crippen LogP contribution is -2.71. The van der Waals surface area contributed by atoms with E-state index in [1.54, 1.807) is 6.92 Å². The van der Waals surface area contributed by atoms with Gasteiger partial charge in [0, 0.05) is 20.6 Å². The Morgan fingerprint density at radius 1 is 0.837 bits per heavy atom. The molecule has 0 aromatic heterocycles. The number of nitrogens with zero attached hydrogens (tertiary/aromatic N) is 1. The minimum absolute atomic E-state index is 0.126. The number of methoxy groups -OCH3 is 1. The number of aliphatic hydroxyl groups is 6. The molecular weight excluding hydrogens is 658 g/mol. The molecule has 16 unspecified atom stereocenters. The second kappa shape index (κ2) is 18.8. The summed E-state index contributed by atoms with van der Waals surface area (Å²) in [6.07, 6.45) is -15.5. The Balaban J connectivity index is 1.91. The summed E-state index contributed by atoms with van der Waals surface area (Å²) in [4.78, 5) is 29.0. The second-order valence-electron chi connectivity index (χ2n) is 12.3. The molecule has 0 spiro atoms. The molecule has 0 aliphatic carbocycles. The lowest BCUT2D eigenvalue weighted by molar-refractivity contribution is -0.346. The molecule has 16 atom stereocenters. The van der Waals surface area contributed by atoms with E-state index in [2.05, 4.69) is 15.6 Å². The van der Waals surface area contributed by atoms with Crippen molar-refractivity contribution < 1.29 is 68.6 Å². The maximum absolute atomic E-state index is 13.3. The van der Waals surface area contributed by atoms with E-state index in [0.29, 0.717) is 6.42 Å². The van der Waals surface area contributed by atoms with E-state index in [1.165, 1.54) is 14.0 Å². The van der Waals surface area contributed by atoms with Gasteiger partial charge in [0.2, 0.25) is 11.8 Å². The fourth-order valence-corrected chi connectivity index (χ4v) is 6.13. The van der Waals surface area contributed by atoms with E-state index in [-0.39, 0.29) is 18.9 Å². The van der Waals surface area contributed by atoms with Gasteiger partial charge in [-0.3, -0.25) is 14.6 Å². The highest BCUT2D eigenvalue weighted by Crippen LogP contribution is 2.32. The fourth-order valence-electron chi connectivity index (χ4n) is 6.13. The van der Waals surface area contributed by atoms with Crippen molar-refractivity contribution in [2.24, 2.45) is 27.9 Å². The van der Waals surface area contributed by atoms with Crippen LogP contribution >= 0.6 is 0 Å². The van der Waals surface area contributed by atoms with Crippen molar-refractivity contribution in [3.63, 3.8) is 0 Å². The maximum atomic E-state index is 13.3. The number of carbonyl (C=O) groups excluding carboxylic acids is 2. The molecule has 3 aliphatic heterocycles. The minimum Gasteiger partial charge on any atom is -0.394 e. The van der Waals surface area contributed by atoms with Crippen LogP contribution in [0.5, 0.6) is 0 Å². The first-order chi connectivity index (χ1) is 23.2. The van der Waals surface area contributed by atoms with Crippen LogP contribution in [0, 0.1) is 0 Å². The van der Waals surface area contributed by atoms with Gasteiger partial charge in [0.1, 0.15) is 61.0 Å². The SMILES string of the molecule is COC1C(CO)OC(OC2C(CO)OC(OC3C(CO)OC(C)C(NC(C)=O)C3O)C(NC(=O)C(N)CCCN=C(N)N)C2O)C(N)C1O. The van der Waals surface area contributed by atoms with Crippen molar-refractivity contribution >= 4 is 17.8 Å². The van der Waals surface area contributed by atoms with E-state index < -0.39 is 129 Å². The molecule has 21 nitrogen and oxygen atoms in total. The third-order valence-corrected chi connectivity index (χ3v) is 8.74. The third-order valence-electron chi connectivity index (χ3n) is 8.74. The Hall–Kier alpha value is -2.35. The summed E-state index contributed by atoms with van der Waals surface area (Å²) in [7, 11) is 1.29. The fraction of sp³-hybridized carbons (Fsp3) is 0.893. The zero-order chi connectivity index (χ0) is 36.6. The van der Waals surface area contributed by atoms with Crippen LogP contribution in [-0.2, 0) is 38.0 Å². The van der Waals surface area contributed by atoms with Gasteiger partial charge in [0.05, 0.1) is 44.1 Å². The lowest BCUT2D eigenvalue weighted by atomic mass is 9.92. The number of aliphatic hydroxyl groups excluding tert-OH is 6. The number of nitrogens with two attached hydrogens (primary N) is 4. The average molecular weight is 712 g/mol. The quantitative estimate of drug-likeness (QED) is 0.0426. The Morgan fingerprint density at radius 3 is 1.92 bits per heavy atom. The summed E-state index contributed by atoms with van der Waals surface area (Å²) in [5.41, 5.74) is 22.9. The number of carbonyl (C=O) groups is 2. The second-order valence-corrected chi connectivity index (χ2v) is 12.3. The van der Waals surface area contributed by atoms with Crippen LogP contribution < -0.4 is 33.6 Å². The number of aliphatic imine (C=N–C) groups is 1. The predicted octanol–water partition coefficient (Wildman–Crippen LogP) is -7.23. The van der Waals surface area contributed by atoms with Gasteiger partial charge in [-0.1, -0.05) is 0 Å². The number of ether oxygens (including phenoxy) is 6. The molecule has 3 aliphatic rings. The molecule has 0 aromatic carbocycles. The van der Waals surface area contributed by atoms with Gasteiger partial charge in [-0.2, -0.15) is 0 Å². The first-order valence-electron chi connectivity index (χ1n) is 16.0. The van der Waals surface area contributed by atoms with Crippen LogP contribution in [0.4, 0.5) is 0 Å². The highest BCUT2D eigenvalue weighted by Gasteiger charge is 2.54. The number of rotatable bonds is 15. The molecule has 16 N–H and O–H groups in total. The monoisotopic (exact) mass is 711 g/mol. The summed E-state index contributed by atoms with van der Waals surface area (Å²) in [6.45, 7) is 1.03. The summed E-state index contributed by atoms with van der Waals surface area (Å²) < 4.78 is 34.8. The zero-order valence-electron chi connectivity index (χ0n) is 27.7. The van der Waals surface area contributed by atoms with E-state index in [4.69, 9.17) is 51.4 Å². The van der Waals surface area contributed by atoms with Crippen LogP contribution in [0.3, 0.4) is 0 Å². The van der Waals surface area contributed by atoms with Crippen LogP contribution in [-0.4, -0.2) is 180 Å². The molecule has 3 heterocycles. The van der Waals surface area contributed by atoms with Crippen molar-refractivity contribution in [1.29, 1.82) is 0 Å². The van der Waals surface area contributed by atoms with Crippen LogP contribution in [0.15, 0.2) is 4.99 Å². The first-order valence-corrected chi connectivity index (χ1v) is 16.0. The Labute approximate surface area is 283 Å². The van der Waals surface area contributed by atoms with Crippen molar-refractivity contribution in [3.05, 3.63) is 0 Å². The number of hydrogen-bond acceptors (Lipinski definition) is 17. The average Bonchev–Trinajstić information content (AvgIpc) is 3.06. The number of nitrogens with one attached hydrogen (secondary N) is 2. The lowest BCUT2D eigenvalue weighted by Gasteiger charge is -2.50. The van der Waals surface area contributed by atoms with Crippen molar-refractivity contribution in [2.45, 2.75) is 124 Å². The van der Waals surface area contributed by atoms with E-state index >= 15 is 0 Å². The molecule has 0 bridgehead atoms.